The number of halogens is 1. The molecule has 0 aliphatic rings. The molecule has 0 spiro atoms. The van der Waals surface area contributed by atoms with Gasteiger partial charge in [0.2, 0.25) is 5.13 Å². The van der Waals surface area contributed by atoms with Gasteiger partial charge >= 0.3 is 6.03 Å². The summed E-state index contributed by atoms with van der Waals surface area (Å²) in [5, 5.41) is 14.5. The summed E-state index contributed by atoms with van der Waals surface area (Å²) in [4.78, 5) is 11.8. The fourth-order valence-corrected chi connectivity index (χ4v) is 2.37. The SMILES string of the molecule is COCCc1nnc(NC(=O)Nc2ccc(Br)cc2)s1. The molecule has 0 bridgehead atoms. The molecule has 0 radical (unpaired) electrons. The van der Waals surface area contributed by atoms with Crippen molar-refractivity contribution in [2.45, 2.75) is 6.42 Å². The maximum absolute atomic E-state index is 11.8. The number of benzene rings is 1. The Hall–Kier alpha value is -1.51. The second kappa shape index (κ2) is 7.32. The Morgan fingerprint density at radius 1 is 1.30 bits per heavy atom. The number of rotatable bonds is 5. The maximum atomic E-state index is 11.8. The molecular formula is C12H13BrN4O2S. The van der Waals surface area contributed by atoms with Gasteiger partial charge in [-0.05, 0) is 24.3 Å². The first-order valence-corrected chi connectivity index (χ1v) is 7.43. The second-order valence-corrected chi connectivity index (χ2v) is 5.81. The van der Waals surface area contributed by atoms with Crippen LogP contribution < -0.4 is 10.6 Å². The number of methoxy groups -OCH3 is 1. The summed E-state index contributed by atoms with van der Waals surface area (Å²) in [6, 6.07) is 6.95. The molecule has 0 unspecified atom stereocenters. The van der Waals surface area contributed by atoms with Crippen LogP contribution in [0.5, 0.6) is 0 Å². The fourth-order valence-electron chi connectivity index (χ4n) is 1.39. The predicted molar refractivity (Wildman–Crippen MR) is 82.3 cm³/mol. The quantitative estimate of drug-likeness (QED) is 0.862. The second-order valence-electron chi connectivity index (χ2n) is 3.83. The monoisotopic (exact) mass is 356 g/mol. The zero-order valence-electron chi connectivity index (χ0n) is 10.7. The zero-order valence-corrected chi connectivity index (χ0v) is 13.1. The predicted octanol–water partition coefficient (Wildman–Crippen LogP) is 3.13. The zero-order chi connectivity index (χ0) is 14.4. The normalized spacial score (nSPS) is 10.3. The van der Waals surface area contributed by atoms with Gasteiger partial charge in [0.15, 0.2) is 0 Å². The van der Waals surface area contributed by atoms with Gasteiger partial charge in [0.05, 0.1) is 6.61 Å². The van der Waals surface area contributed by atoms with Crippen LogP contribution in [-0.2, 0) is 11.2 Å². The Bertz CT molecular complexity index is 573. The minimum Gasteiger partial charge on any atom is -0.384 e. The summed E-state index contributed by atoms with van der Waals surface area (Å²) in [5.74, 6) is 0. The Balaban J connectivity index is 1.87. The van der Waals surface area contributed by atoms with Crippen molar-refractivity contribution in [3.05, 3.63) is 33.7 Å². The number of hydrogen-bond donors (Lipinski definition) is 2. The highest BCUT2D eigenvalue weighted by atomic mass is 79.9. The molecule has 2 aromatic rings. The van der Waals surface area contributed by atoms with Crippen LogP contribution in [0.25, 0.3) is 0 Å². The van der Waals surface area contributed by atoms with Crippen molar-refractivity contribution in [2.75, 3.05) is 24.4 Å². The van der Waals surface area contributed by atoms with E-state index in [2.05, 4.69) is 36.8 Å². The van der Waals surface area contributed by atoms with Crippen LogP contribution in [0.1, 0.15) is 5.01 Å². The molecule has 106 valence electrons. The molecule has 1 heterocycles. The highest BCUT2D eigenvalue weighted by molar-refractivity contribution is 9.10. The molecule has 20 heavy (non-hydrogen) atoms. The van der Waals surface area contributed by atoms with Gasteiger partial charge < -0.3 is 10.1 Å². The highest BCUT2D eigenvalue weighted by Gasteiger charge is 2.08. The number of amides is 2. The van der Waals surface area contributed by atoms with E-state index in [1.807, 2.05) is 12.1 Å². The lowest BCUT2D eigenvalue weighted by Gasteiger charge is -2.04. The number of aromatic nitrogens is 2. The first-order valence-electron chi connectivity index (χ1n) is 5.82. The molecule has 0 aliphatic carbocycles. The molecule has 0 fully saturated rings. The summed E-state index contributed by atoms with van der Waals surface area (Å²) in [5.41, 5.74) is 0.704. The van der Waals surface area contributed by atoms with Crippen molar-refractivity contribution in [3.63, 3.8) is 0 Å². The first kappa shape index (κ1) is 14.9. The van der Waals surface area contributed by atoms with Gasteiger partial charge in [-0.1, -0.05) is 27.3 Å². The number of carbonyl (C=O) groups is 1. The molecule has 8 heteroatoms. The lowest BCUT2D eigenvalue weighted by Crippen LogP contribution is -2.19. The third-order valence-corrected chi connectivity index (χ3v) is 3.74. The largest absolute Gasteiger partial charge is 0.384 e. The van der Waals surface area contributed by atoms with E-state index in [1.54, 1.807) is 19.2 Å². The molecule has 6 nitrogen and oxygen atoms in total. The van der Waals surface area contributed by atoms with Gasteiger partial charge in [-0.3, -0.25) is 5.32 Å². The van der Waals surface area contributed by atoms with E-state index in [1.165, 1.54) is 11.3 Å². The summed E-state index contributed by atoms with van der Waals surface area (Å²) >= 11 is 4.67. The Labute approximate surface area is 128 Å². The average Bonchev–Trinajstić information content (AvgIpc) is 2.86. The Kier molecular flexibility index (Phi) is 5.45. The van der Waals surface area contributed by atoms with Crippen molar-refractivity contribution in [3.8, 4) is 0 Å². The number of nitrogens with one attached hydrogen (secondary N) is 2. The van der Waals surface area contributed by atoms with Crippen LogP contribution in [0.2, 0.25) is 0 Å². The summed E-state index contributed by atoms with van der Waals surface area (Å²) in [6.45, 7) is 0.583. The van der Waals surface area contributed by atoms with Crippen molar-refractivity contribution >= 4 is 44.1 Å². The van der Waals surface area contributed by atoms with Crippen LogP contribution in [0.3, 0.4) is 0 Å². The lowest BCUT2D eigenvalue weighted by molar-refractivity contribution is 0.202. The molecular weight excluding hydrogens is 344 g/mol. The van der Waals surface area contributed by atoms with Gasteiger partial charge in [0, 0.05) is 23.7 Å². The molecule has 0 saturated carbocycles. The van der Waals surface area contributed by atoms with E-state index in [0.717, 1.165) is 9.48 Å². The number of carbonyl (C=O) groups excluding carboxylic acids is 1. The van der Waals surface area contributed by atoms with Gasteiger partial charge in [-0.25, -0.2) is 4.79 Å². The lowest BCUT2D eigenvalue weighted by atomic mass is 10.3. The summed E-state index contributed by atoms with van der Waals surface area (Å²) < 4.78 is 5.91. The number of urea groups is 1. The standard InChI is InChI=1S/C12H13BrN4O2S/c1-19-7-6-10-16-17-12(20-10)15-11(18)14-9-4-2-8(13)3-5-9/h2-5H,6-7H2,1H3,(H2,14,15,17,18). The number of nitrogens with zero attached hydrogens (tertiary/aromatic N) is 2. The van der Waals surface area contributed by atoms with E-state index in [9.17, 15) is 4.79 Å². The molecule has 2 rings (SSSR count). The fraction of sp³-hybridized carbons (Fsp3) is 0.250. The minimum atomic E-state index is -0.346. The Morgan fingerprint density at radius 3 is 2.75 bits per heavy atom. The number of ether oxygens (including phenoxy) is 1. The van der Waals surface area contributed by atoms with E-state index in [0.29, 0.717) is 23.8 Å². The van der Waals surface area contributed by atoms with Crippen LogP contribution in [0.15, 0.2) is 28.7 Å². The van der Waals surface area contributed by atoms with Gasteiger partial charge in [-0.15, -0.1) is 10.2 Å². The van der Waals surface area contributed by atoms with Gasteiger partial charge in [0.1, 0.15) is 5.01 Å². The van der Waals surface area contributed by atoms with Crippen molar-refractivity contribution in [1.29, 1.82) is 0 Å². The molecule has 2 amide bonds. The summed E-state index contributed by atoms with van der Waals surface area (Å²) in [6.07, 6.45) is 0.685. The molecule has 0 aliphatic heterocycles. The molecule has 2 N–H and O–H groups in total. The number of hydrogen-bond acceptors (Lipinski definition) is 5. The van der Waals surface area contributed by atoms with Crippen molar-refractivity contribution in [2.24, 2.45) is 0 Å². The first-order chi connectivity index (χ1) is 9.67. The smallest absolute Gasteiger partial charge is 0.325 e. The van der Waals surface area contributed by atoms with E-state index < -0.39 is 0 Å². The average molecular weight is 357 g/mol. The van der Waals surface area contributed by atoms with Gasteiger partial charge in [0.25, 0.3) is 0 Å². The molecule has 0 saturated heterocycles. The Morgan fingerprint density at radius 2 is 2.05 bits per heavy atom. The molecule has 1 aromatic heterocycles. The van der Waals surface area contributed by atoms with Crippen LogP contribution in [-0.4, -0.2) is 29.9 Å². The molecule has 1 aromatic carbocycles. The minimum absolute atomic E-state index is 0.346. The van der Waals surface area contributed by atoms with Crippen molar-refractivity contribution < 1.29 is 9.53 Å². The van der Waals surface area contributed by atoms with E-state index >= 15 is 0 Å². The number of anilines is 2. The highest BCUT2D eigenvalue weighted by Crippen LogP contribution is 2.17. The van der Waals surface area contributed by atoms with Crippen LogP contribution in [0.4, 0.5) is 15.6 Å². The van der Waals surface area contributed by atoms with Gasteiger partial charge in [-0.2, -0.15) is 0 Å². The molecule has 0 atom stereocenters. The summed E-state index contributed by atoms with van der Waals surface area (Å²) in [7, 11) is 1.63. The van der Waals surface area contributed by atoms with E-state index in [-0.39, 0.29) is 6.03 Å². The van der Waals surface area contributed by atoms with Crippen LogP contribution in [0, 0.1) is 0 Å². The van der Waals surface area contributed by atoms with Crippen LogP contribution >= 0.6 is 27.3 Å². The van der Waals surface area contributed by atoms with Crippen molar-refractivity contribution in [1.82, 2.24) is 10.2 Å². The third-order valence-electron chi connectivity index (χ3n) is 2.31. The maximum Gasteiger partial charge on any atom is 0.325 e. The van der Waals surface area contributed by atoms with E-state index in [4.69, 9.17) is 4.74 Å². The third kappa shape index (κ3) is 4.55. The topological polar surface area (TPSA) is 76.1 Å².